The Morgan fingerprint density at radius 3 is 3.00 bits per heavy atom. The maximum Gasteiger partial charge on any atom is 0.335 e. The van der Waals surface area contributed by atoms with Gasteiger partial charge in [0.2, 0.25) is 0 Å². The number of unbranched alkanes of at least 4 members (excludes halogenated alkanes) is 1. The summed E-state index contributed by atoms with van der Waals surface area (Å²) < 4.78 is 5.62. The van der Waals surface area contributed by atoms with Crippen molar-refractivity contribution in [1.29, 1.82) is 0 Å². The van der Waals surface area contributed by atoms with Gasteiger partial charge in [0, 0.05) is 11.8 Å². The van der Waals surface area contributed by atoms with E-state index in [4.69, 9.17) is 9.84 Å². The van der Waals surface area contributed by atoms with Gasteiger partial charge in [0.05, 0.1) is 12.2 Å². The smallest absolute Gasteiger partial charge is 0.335 e. The zero-order valence-electron chi connectivity index (χ0n) is 12.5. The minimum atomic E-state index is -0.922. The Balaban J connectivity index is 2.05. The minimum Gasteiger partial charge on any atom is -0.478 e. The Hall–Kier alpha value is -2.01. The van der Waals surface area contributed by atoms with E-state index in [2.05, 4.69) is 23.8 Å². The van der Waals surface area contributed by atoms with Gasteiger partial charge in [-0.25, -0.2) is 4.79 Å². The summed E-state index contributed by atoms with van der Waals surface area (Å²) in [6, 6.07) is 6.90. The molecule has 0 saturated heterocycles. The van der Waals surface area contributed by atoms with Crippen molar-refractivity contribution in [2.75, 3.05) is 20.3 Å². The third kappa shape index (κ3) is 3.98. The van der Waals surface area contributed by atoms with Crippen LogP contribution in [0.15, 0.2) is 36.7 Å². The molecule has 1 aromatic carbocycles. The molecule has 1 unspecified atom stereocenters. The highest BCUT2D eigenvalue weighted by Gasteiger charge is 2.24. The summed E-state index contributed by atoms with van der Waals surface area (Å²) in [4.78, 5) is 15.4. The second-order valence-corrected chi connectivity index (χ2v) is 5.29. The van der Waals surface area contributed by atoms with Crippen LogP contribution in [-0.2, 0) is 4.74 Å². The average molecular weight is 290 g/mol. The summed E-state index contributed by atoms with van der Waals surface area (Å²) in [5, 5.41) is 9.08. The van der Waals surface area contributed by atoms with Gasteiger partial charge in [0.15, 0.2) is 6.23 Å². The van der Waals surface area contributed by atoms with E-state index in [1.807, 2.05) is 12.3 Å². The van der Waals surface area contributed by atoms with Gasteiger partial charge < -0.3 is 14.7 Å². The van der Waals surface area contributed by atoms with Crippen LogP contribution < -0.4 is 0 Å². The summed E-state index contributed by atoms with van der Waals surface area (Å²) in [5.74, 6) is -0.922. The molecule has 1 aliphatic rings. The molecule has 2 rings (SSSR count). The van der Waals surface area contributed by atoms with Crippen molar-refractivity contribution in [2.45, 2.75) is 26.0 Å². The second kappa shape index (κ2) is 7.13. The zero-order valence-corrected chi connectivity index (χ0v) is 12.5. The maximum absolute atomic E-state index is 11.1. The van der Waals surface area contributed by atoms with Crippen molar-refractivity contribution < 1.29 is 14.6 Å². The Kier molecular flexibility index (Phi) is 5.22. The molecule has 1 N–H and O–H groups in total. The molecule has 0 aromatic heterocycles. The monoisotopic (exact) mass is 290 g/mol. The first-order valence-electron chi connectivity index (χ1n) is 7.21. The van der Waals surface area contributed by atoms with Gasteiger partial charge in [0.25, 0.3) is 0 Å². The van der Waals surface area contributed by atoms with Crippen molar-refractivity contribution in [3.05, 3.63) is 47.9 Å². The number of aromatic carboxylic acids is 1. The number of nitrogens with zero attached hydrogens (tertiary/aromatic N) is 2. The lowest BCUT2D eigenvalue weighted by Crippen LogP contribution is -2.34. The van der Waals surface area contributed by atoms with E-state index in [1.54, 1.807) is 24.5 Å². The summed E-state index contributed by atoms with van der Waals surface area (Å²) in [6.07, 6.45) is 5.63. The molecule has 0 amide bonds. The lowest BCUT2D eigenvalue weighted by Gasteiger charge is -2.29. The quantitative estimate of drug-likeness (QED) is 0.837. The van der Waals surface area contributed by atoms with Crippen molar-refractivity contribution >= 4 is 5.97 Å². The number of carboxylic acid groups (broad SMARTS) is 1. The summed E-state index contributed by atoms with van der Waals surface area (Å²) in [5.41, 5.74) is 1.13. The van der Waals surface area contributed by atoms with E-state index in [9.17, 15) is 4.79 Å². The van der Waals surface area contributed by atoms with Crippen molar-refractivity contribution in [2.24, 2.45) is 0 Å². The lowest BCUT2D eigenvalue weighted by molar-refractivity contribution is 0.0271. The number of benzene rings is 1. The molecule has 1 aromatic rings. The zero-order chi connectivity index (χ0) is 15.2. The Bertz CT molecular complexity index is 516. The largest absolute Gasteiger partial charge is 0.478 e. The highest BCUT2D eigenvalue weighted by molar-refractivity contribution is 5.87. The third-order valence-corrected chi connectivity index (χ3v) is 3.48. The SMILES string of the molecule is CCCCN(C)CN1C=COC1c1cccc(C(=O)O)c1. The van der Waals surface area contributed by atoms with Gasteiger partial charge in [-0.05, 0) is 32.1 Å². The summed E-state index contributed by atoms with van der Waals surface area (Å²) in [7, 11) is 2.08. The average Bonchev–Trinajstić information content (AvgIpc) is 2.93. The molecule has 21 heavy (non-hydrogen) atoms. The molecule has 1 aliphatic heterocycles. The number of carbonyl (C=O) groups is 1. The molecule has 1 heterocycles. The molecule has 0 saturated carbocycles. The molecule has 5 heteroatoms. The number of rotatable bonds is 7. The first kappa shape index (κ1) is 15.4. The van der Waals surface area contributed by atoms with Gasteiger partial charge in [-0.15, -0.1) is 0 Å². The number of ether oxygens (including phenoxy) is 1. The highest BCUT2D eigenvalue weighted by Crippen LogP contribution is 2.28. The fourth-order valence-electron chi connectivity index (χ4n) is 2.34. The van der Waals surface area contributed by atoms with E-state index in [-0.39, 0.29) is 11.8 Å². The van der Waals surface area contributed by atoms with E-state index >= 15 is 0 Å². The predicted molar refractivity (Wildman–Crippen MR) is 80.6 cm³/mol. The van der Waals surface area contributed by atoms with Crippen LogP contribution >= 0.6 is 0 Å². The molecule has 1 atom stereocenters. The van der Waals surface area contributed by atoms with Crippen LogP contribution in [0.2, 0.25) is 0 Å². The lowest BCUT2D eigenvalue weighted by atomic mass is 10.1. The molecule has 0 radical (unpaired) electrons. The summed E-state index contributed by atoms with van der Waals surface area (Å²) >= 11 is 0. The number of hydrogen-bond acceptors (Lipinski definition) is 4. The van der Waals surface area contributed by atoms with Crippen LogP contribution in [0.1, 0.15) is 41.9 Å². The summed E-state index contributed by atoms with van der Waals surface area (Å²) in [6.45, 7) is 3.95. The maximum atomic E-state index is 11.1. The van der Waals surface area contributed by atoms with Crippen molar-refractivity contribution in [3.8, 4) is 0 Å². The minimum absolute atomic E-state index is 0.256. The molecule has 0 fully saturated rings. The van der Waals surface area contributed by atoms with Crippen LogP contribution in [0.5, 0.6) is 0 Å². The van der Waals surface area contributed by atoms with Crippen LogP contribution in [0.25, 0.3) is 0 Å². The predicted octanol–water partition coefficient (Wildman–Crippen LogP) is 2.88. The normalized spacial score (nSPS) is 17.3. The Morgan fingerprint density at radius 2 is 2.29 bits per heavy atom. The first-order valence-corrected chi connectivity index (χ1v) is 7.21. The van der Waals surface area contributed by atoms with Gasteiger partial charge in [-0.1, -0.05) is 25.5 Å². The van der Waals surface area contributed by atoms with Gasteiger partial charge >= 0.3 is 5.97 Å². The molecule has 0 aliphatic carbocycles. The second-order valence-electron chi connectivity index (χ2n) is 5.29. The fraction of sp³-hybridized carbons (Fsp3) is 0.438. The van der Waals surface area contributed by atoms with Crippen LogP contribution in [-0.4, -0.2) is 41.1 Å². The van der Waals surface area contributed by atoms with E-state index in [1.165, 1.54) is 6.42 Å². The number of hydrogen-bond donors (Lipinski definition) is 1. The standard InChI is InChI=1S/C16H22N2O3/c1-3-4-8-17(2)12-18-9-10-21-15(18)13-6-5-7-14(11-13)16(19)20/h5-7,9-11,15H,3-4,8,12H2,1-2H3,(H,19,20). The molecular formula is C16H22N2O3. The van der Waals surface area contributed by atoms with Gasteiger partial charge in [-0.3, -0.25) is 4.90 Å². The van der Waals surface area contributed by atoms with Crippen LogP contribution in [0.4, 0.5) is 0 Å². The van der Waals surface area contributed by atoms with E-state index in [0.717, 1.165) is 25.2 Å². The molecular weight excluding hydrogens is 268 g/mol. The Morgan fingerprint density at radius 1 is 1.48 bits per heavy atom. The Labute approximate surface area is 125 Å². The van der Waals surface area contributed by atoms with Gasteiger partial charge in [-0.2, -0.15) is 0 Å². The van der Waals surface area contributed by atoms with Crippen LogP contribution in [0.3, 0.4) is 0 Å². The van der Waals surface area contributed by atoms with Crippen LogP contribution in [0, 0.1) is 0 Å². The van der Waals surface area contributed by atoms with Crippen molar-refractivity contribution in [3.63, 3.8) is 0 Å². The molecule has 0 spiro atoms. The number of carboxylic acids is 1. The molecule has 5 nitrogen and oxygen atoms in total. The van der Waals surface area contributed by atoms with E-state index in [0.29, 0.717) is 0 Å². The van der Waals surface area contributed by atoms with E-state index < -0.39 is 5.97 Å². The third-order valence-electron chi connectivity index (χ3n) is 3.48. The molecule has 114 valence electrons. The fourth-order valence-corrected chi connectivity index (χ4v) is 2.34. The molecule has 0 bridgehead atoms. The first-order chi connectivity index (χ1) is 10.1. The highest BCUT2D eigenvalue weighted by atomic mass is 16.5. The topological polar surface area (TPSA) is 53.0 Å². The van der Waals surface area contributed by atoms with Crippen molar-refractivity contribution in [1.82, 2.24) is 9.80 Å². The van der Waals surface area contributed by atoms with Gasteiger partial charge in [0.1, 0.15) is 6.26 Å².